The van der Waals surface area contributed by atoms with Crippen LogP contribution < -0.4 is 5.32 Å². The van der Waals surface area contributed by atoms with Crippen molar-refractivity contribution in [2.24, 2.45) is 0 Å². The van der Waals surface area contributed by atoms with E-state index >= 15 is 0 Å². The Bertz CT molecular complexity index is 560. The monoisotopic (exact) mass is 299 g/mol. The van der Waals surface area contributed by atoms with Crippen molar-refractivity contribution in [2.45, 2.75) is 13.0 Å². The summed E-state index contributed by atoms with van der Waals surface area (Å²) in [6.07, 6.45) is 0. The summed E-state index contributed by atoms with van der Waals surface area (Å²) in [5, 5.41) is 13.2. The smallest absolute Gasteiger partial charge is 0.270 e. The molecule has 1 unspecified atom stereocenters. The lowest BCUT2D eigenvalue weighted by Crippen LogP contribution is -2.44. The van der Waals surface area contributed by atoms with Gasteiger partial charge in [0.1, 0.15) is 6.04 Å². The number of likely N-dealkylation sites (N-methyl/N-ethyl adjacent to an activating group) is 1. The lowest BCUT2D eigenvalue weighted by molar-refractivity contribution is -0.384. The van der Waals surface area contributed by atoms with Crippen LogP contribution in [0.5, 0.6) is 0 Å². The zero-order chi connectivity index (χ0) is 15.4. The van der Waals surface area contributed by atoms with E-state index in [1.807, 2.05) is 0 Å². The van der Waals surface area contributed by atoms with Crippen molar-refractivity contribution < 1.29 is 14.5 Å². The van der Waals surface area contributed by atoms with Crippen molar-refractivity contribution in [1.82, 2.24) is 10.2 Å². The lowest BCUT2D eigenvalue weighted by atomic mass is 10.1. The number of halogens is 1. The Labute approximate surface area is 120 Å². The van der Waals surface area contributed by atoms with Gasteiger partial charge in [-0.05, 0) is 13.0 Å². The van der Waals surface area contributed by atoms with Crippen molar-refractivity contribution in [2.75, 3.05) is 14.1 Å². The van der Waals surface area contributed by atoms with Gasteiger partial charge in [0.05, 0.1) is 15.5 Å². The van der Waals surface area contributed by atoms with E-state index in [1.54, 1.807) is 14.1 Å². The van der Waals surface area contributed by atoms with Crippen molar-refractivity contribution in [1.29, 1.82) is 0 Å². The van der Waals surface area contributed by atoms with Gasteiger partial charge in [0.25, 0.3) is 11.6 Å². The number of nitro benzene ring substituents is 1. The van der Waals surface area contributed by atoms with Gasteiger partial charge in [-0.3, -0.25) is 19.7 Å². The molecule has 0 fully saturated rings. The summed E-state index contributed by atoms with van der Waals surface area (Å²) < 4.78 is 0. The highest BCUT2D eigenvalue weighted by molar-refractivity contribution is 6.34. The van der Waals surface area contributed by atoms with Crippen LogP contribution in [0.1, 0.15) is 17.3 Å². The molecule has 1 atom stereocenters. The molecular formula is C12H14ClN3O4. The second-order valence-corrected chi connectivity index (χ2v) is 4.76. The van der Waals surface area contributed by atoms with Gasteiger partial charge < -0.3 is 10.2 Å². The average molecular weight is 300 g/mol. The van der Waals surface area contributed by atoms with Gasteiger partial charge in [-0.25, -0.2) is 0 Å². The summed E-state index contributed by atoms with van der Waals surface area (Å²) in [5.41, 5.74) is -0.287. The number of amides is 2. The van der Waals surface area contributed by atoms with Crippen LogP contribution in [-0.2, 0) is 4.79 Å². The zero-order valence-corrected chi connectivity index (χ0v) is 12.0. The first kappa shape index (κ1) is 15.9. The topological polar surface area (TPSA) is 92.5 Å². The van der Waals surface area contributed by atoms with E-state index in [0.29, 0.717) is 0 Å². The molecule has 0 bridgehead atoms. The summed E-state index contributed by atoms with van der Waals surface area (Å²) >= 11 is 5.84. The van der Waals surface area contributed by atoms with E-state index < -0.39 is 16.9 Å². The van der Waals surface area contributed by atoms with Gasteiger partial charge >= 0.3 is 0 Å². The van der Waals surface area contributed by atoms with Crippen LogP contribution in [-0.4, -0.2) is 41.8 Å². The Hall–Kier alpha value is -2.15. The molecule has 8 heteroatoms. The summed E-state index contributed by atoms with van der Waals surface area (Å²) in [4.78, 5) is 35.0. The highest BCUT2D eigenvalue weighted by Crippen LogP contribution is 2.22. The second-order valence-electron chi connectivity index (χ2n) is 4.35. The Morgan fingerprint density at radius 3 is 2.50 bits per heavy atom. The SMILES string of the molecule is CC(NC(=O)c1cc([N+](=O)[O-])ccc1Cl)C(=O)N(C)C. The molecule has 0 aromatic heterocycles. The van der Waals surface area contributed by atoms with Crippen molar-refractivity contribution in [3.63, 3.8) is 0 Å². The quantitative estimate of drug-likeness (QED) is 0.673. The number of carbonyl (C=O) groups excluding carboxylic acids is 2. The number of hydrogen-bond acceptors (Lipinski definition) is 4. The zero-order valence-electron chi connectivity index (χ0n) is 11.2. The normalized spacial score (nSPS) is 11.6. The number of nitro groups is 1. The minimum Gasteiger partial charge on any atom is -0.347 e. The van der Waals surface area contributed by atoms with E-state index in [2.05, 4.69) is 5.32 Å². The number of non-ortho nitro benzene ring substituents is 1. The fraction of sp³-hybridized carbons (Fsp3) is 0.333. The first-order valence-electron chi connectivity index (χ1n) is 5.70. The highest BCUT2D eigenvalue weighted by atomic mass is 35.5. The fourth-order valence-corrected chi connectivity index (χ4v) is 1.73. The van der Waals surface area contributed by atoms with Crippen LogP contribution in [0, 0.1) is 10.1 Å². The summed E-state index contributed by atoms with van der Waals surface area (Å²) in [5.74, 6) is -0.929. The van der Waals surface area contributed by atoms with Crippen LogP contribution in [0.25, 0.3) is 0 Å². The molecule has 1 aromatic carbocycles. The van der Waals surface area contributed by atoms with Crippen LogP contribution in [0.4, 0.5) is 5.69 Å². The third-order valence-electron chi connectivity index (χ3n) is 2.56. The molecule has 0 heterocycles. The van der Waals surface area contributed by atoms with Gasteiger partial charge in [0.15, 0.2) is 0 Å². The maximum Gasteiger partial charge on any atom is 0.270 e. The molecule has 2 amide bonds. The molecule has 0 aliphatic carbocycles. The van der Waals surface area contributed by atoms with Crippen LogP contribution >= 0.6 is 11.6 Å². The molecule has 0 saturated heterocycles. The molecule has 1 aromatic rings. The molecule has 0 aliphatic rings. The van der Waals surface area contributed by atoms with Crippen LogP contribution in [0.15, 0.2) is 18.2 Å². The van der Waals surface area contributed by atoms with E-state index in [0.717, 1.165) is 6.07 Å². The molecule has 7 nitrogen and oxygen atoms in total. The van der Waals surface area contributed by atoms with E-state index in [1.165, 1.54) is 24.0 Å². The number of carbonyl (C=O) groups is 2. The second kappa shape index (κ2) is 6.33. The first-order chi connectivity index (χ1) is 9.23. The molecule has 0 spiro atoms. The molecule has 1 rings (SSSR count). The molecule has 0 aliphatic heterocycles. The standard InChI is InChI=1S/C12H14ClN3O4/c1-7(12(18)15(2)3)14-11(17)9-6-8(16(19)20)4-5-10(9)13/h4-7H,1-3H3,(H,14,17). The Morgan fingerprint density at radius 1 is 1.40 bits per heavy atom. The first-order valence-corrected chi connectivity index (χ1v) is 6.07. The molecular weight excluding hydrogens is 286 g/mol. The predicted octanol–water partition coefficient (Wildman–Crippen LogP) is 1.45. The highest BCUT2D eigenvalue weighted by Gasteiger charge is 2.21. The number of hydrogen-bond donors (Lipinski definition) is 1. The summed E-state index contributed by atoms with van der Waals surface area (Å²) in [6.45, 7) is 1.52. The van der Waals surface area contributed by atoms with Gasteiger partial charge in [0, 0.05) is 26.2 Å². The predicted molar refractivity (Wildman–Crippen MR) is 73.7 cm³/mol. The molecule has 1 N–H and O–H groups in total. The molecule has 0 radical (unpaired) electrons. The largest absolute Gasteiger partial charge is 0.347 e. The Morgan fingerprint density at radius 2 is 2.00 bits per heavy atom. The van der Waals surface area contributed by atoms with Crippen LogP contribution in [0.3, 0.4) is 0 Å². The number of nitrogens with one attached hydrogen (secondary N) is 1. The summed E-state index contributed by atoms with van der Waals surface area (Å²) in [7, 11) is 3.12. The maximum atomic E-state index is 12.0. The van der Waals surface area contributed by atoms with E-state index in [4.69, 9.17) is 11.6 Å². The van der Waals surface area contributed by atoms with E-state index in [-0.39, 0.29) is 22.2 Å². The number of rotatable bonds is 4. The van der Waals surface area contributed by atoms with Crippen LogP contribution in [0.2, 0.25) is 5.02 Å². The minimum atomic E-state index is -0.757. The molecule has 0 saturated carbocycles. The van der Waals surface area contributed by atoms with E-state index in [9.17, 15) is 19.7 Å². The van der Waals surface area contributed by atoms with Gasteiger partial charge in [-0.1, -0.05) is 11.6 Å². The minimum absolute atomic E-state index is 0.0423. The van der Waals surface area contributed by atoms with Gasteiger partial charge in [0.2, 0.25) is 5.91 Å². The Kier molecular flexibility index (Phi) is 5.04. The average Bonchev–Trinajstić information content (AvgIpc) is 2.37. The van der Waals surface area contributed by atoms with Gasteiger partial charge in [-0.15, -0.1) is 0 Å². The van der Waals surface area contributed by atoms with Crippen molar-refractivity contribution in [3.8, 4) is 0 Å². The fourth-order valence-electron chi connectivity index (χ4n) is 1.52. The van der Waals surface area contributed by atoms with Gasteiger partial charge in [-0.2, -0.15) is 0 Å². The molecule has 108 valence electrons. The number of benzene rings is 1. The number of nitrogens with zero attached hydrogens (tertiary/aromatic N) is 2. The van der Waals surface area contributed by atoms with Crippen molar-refractivity contribution in [3.05, 3.63) is 38.9 Å². The van der Waals surface area contributed by atoms with Crippen molar-refractivity contribution >= 4 is 29.1 Å². The lowest BCUT2D eigenvalue weighted by Gasteiger charge is -2.18. The summed E-state index contributed by atoms with van der Waals surface area (Å²) in [6, 6.07) is 2.79. The Balaban J connectivity index is 2.95. The third-order valence-corrected chi connectivity index (χ3v) is 2.89. The molecule has 20 heavy (non-hydrogen) atoms. The maximum absolute atomic E-state index is 12.0. The third kappa shape index (κ3) is 3.67.